The molecule has 78 valence electrons. The molecule has 15 heavy (non-hydrogen) atoms. The molecule has 0 aliphatic heterocycles. The van der Waals surface area contributed by atoms with E-state index in [9.17, 15) is 0 Å². The van der Waals surface area contributed by atoms with Crippen LogP contribution in [0.1, 0.15) is 5.82 Å². The van der Waals surface area contributed by atoms with Crippen LogP contribution in [-0.2, 0) is 13.5 Å². The fourth-order valence-corrected chi connectivity index (χ4v) is 1.53. The molecule has 0 bridgehead atoms. The van der Waals surface area contributed by atoms with Crippen molar-refractivity contribution in [3.8, 4) is 11.4 Å². The topological polar surface area (TPSA) is 50.9 Å². The maximum absolute atomic E-state index is 8.86. The highest BCUT2D eigenvalue weighted by Crippen LogP contribution is 2.16. The molecule has 0 aliphatic rings. The largest absolute Gasteiger partial charge is 0.396 e. The van der Waals surface area contributed by atoms with Crippen LogP contribution in [-0.4, -0.2) is 26.2 Å². The smallest absolute Gasteiger partial charge is 0.111 e. The SMILES string of the molecule is Cn1c(-c2ccccn2)cnc1CCO. The average Bonchev–Trinajstić information content (AvgIpc) is 2.63. The summed E-state index contributed by atoms with van der Waals surface area (Å²) in [7, 11) is 1.93. The van der Waals surface area contributed by atoms with Crippen LogP contribution in [0.4, 0.5) is 0 Å². The van der Waals surface area contributed by atoms with E-state index in [-0.39, 0.29) is 6.61 Å². The third-order valence-corrected chi connectivity index (χ3v) is 2.35. The zero-order valence-corrected chi connectivity index (χ0v) is 8.59. The van der Waals surface area contributed by atoms with Crippen LogP contribution < -0.4 is 0 Å². The van der Waals surface area contributed by atoms with Gasteiger partial charge in [-0.3, -0.25) is 4.98 Å². The lowest BCUT2D eigenvalue weighted by Gasteiger charge is -2.03. The molecule has 0 aromatic carbocycles. The Labute approximate surface area is 88.2 Å². The fraction of sp³-hybridized carbons (Fsp3) is 0.273. The van der Waals surface area contributed by atoms with Crippen molar-refractivity contribution in [2.24, 2.45) is 7.05 Å². The van der Waals surface area contributed by atoms with Crippen LogP contribution in [0.5, 0.6) is 0 Å². The van der Waals surface area contributed by atoms with E-state index in [0.29, 0.717) is 6.42 Å². The first-order chi connectivity index (χ1) is 7.33. The minimum Gasteiger partial charge on any atom is -0.396 e. The van der Waals surface area contributed by atoms with Gasteiger partial charge in [-0.05, 0) is 12.1 Å². The fourth-order valence-electron chi connectivity index (χ4n) is 1.53. The van der Waals surface area contributed by atoms with Gasteiger partial charge in [0.25, 0.3) is 0 Å². The van der Waals surface area contributed by atoms with Crippen molar-refractivity contribution in [3.63, 3.8) is 0 Å². The maximum Gasteiger partial charge on any atom is 0.111 e. The van der Waals surface area contributed by atoms with Gasteiger partial charge in [-0.25, -0.2) is 4.98 Å². The standard InChI is InChI=1S/C11H13N3O/c1-14-10(8-13-11(14)5-7-15)9-4-2-3-6-12-9/h2-4,6,8,15H,5,7H2,1H3. The molecule has 2 rings (SSSR count). The number of hydrogen-bond acceptors (Lipinski definition) is 3. The highest BCUT2D eigenvalue weighted by Gasteiger charge is 2.07. The Kier molecular flexibility index (Phi) is 2.78. The predicted octanol–water partition coefficient (Wildman–Crippen LogP) is 1.02. The molecule has 0 unspecified atom stereocenters. The van der Waals surface area contributed by atoms with Crippen molar-refractivity contribution in [2.45, 2.75) is 6.42 Å². The van der Waals surface area contributed by atoms with Crippen LogP contribution in [0.25, 0.3) is 11.4 Å². The molecule has 0 saturated heterocycles. The molecular weight excluding hydrogens is 190 g/mol. The Morgan fingerprint density at radius 3 is 2.87 bits per heavy atom. The molecule has 0 spiro atoms. The van der Waals surface area contributed by atoms with E-state index in [1.807, 2.05) is 29.8 Å². The monoisotopic (exact) mass is 203 g/mol. The van der Waals surface area contributed by atoms with Crippen LogP contribution in [0.3, 0.4) is 0 Å². The normalized spacial score (nSPS) is 10.5. The highest BCUT2D eigenvalue weighted by molar-refractivity contribution is 5.53. The molecule has 2 aromatic rings. The van der Waals surface area contributed by atoms with Gasteiger partial charge in [0.15, 0.2) is 0 Å². The van der Waals surface area contributed by atoms with Crippen LogP contribution in [0.15, 0.2) is 30.6 Å². The van der Waals surface area contributed by atoms with Crippen molar-refractivity contribution in [2.75, 3.05) is 6.61 Å². The van der Waals surface area contributed by atoms with E-state index in [1.165, 1.54) is 0 Å². The zero-order chi connectivity index (χ0) is 10.7. The summed E-state index contributed by atoms with van der Waals surface area (Å²) in [4.78, 5) is 8.50. The number of hydrogen-bond donors (Lipinski definition) is 1. The third kappa shape index (κ3) is 1.89. The number of imidazole rings is 1. The predicted molar refractivity (Wildman–Crippen MR) is 57.2 cm³/mol. The summed E-state index contributed by atoms with van der Waals surface area (Å²) in [5.41, 5.74) is 1.87. The Hall–Kier alpha value is -1.68. The molecule has 1 N–H and O–H groups in total. The molecule has 0 amide bonds. The van der Waals surface area contributed by atoms with E-state index >= 15 is 0 Å². The summed E-state index contributed by atoms with van der Waals surface area (Å²) in [6.45, 7) is 0.118. The average molecular weight is 203 g/mol. The van der Waals surface area contributed by atoms with Gasteiger partial charge in [-0.2, -0.15) is 0 Å². The first-order valence-electron chi connectivity index (χ1n) is 4.86. The van der Waals surface area contributed by atoms with Gasteiger partial charge >= 0.3 is 0 Å². The molecule has 0 fully saturated rings. The molecule has 2 heterocycles. The van der Waals surface area contributed by atoms with Crippen molar-refractivity contribution < 1.29 is 5.11 Å². The molecule has 4 heteroatoms. The molecule has 2 aromatic heterocycles. The zero-order valence-electron chi connectivity index (χ0n) is 8.59. The number of aromatic nitrogens is 3. The summed E-state index contributed by atoms with van der Waals surface area (Å²) >= 11 is 0. The number of rotatable bonds is 3. The van der Waals surface area contributed by atoms with Crippen molar-refractivity contribution in [3.05, 3.63) is 36.4 Å². The quantitative estimate of drug-likeness (QED) is 0.810. The van der Waals surface area contributed by atoms with Gasteiger partial charge < -0.3 is 9.67 Å². The molecular formula is C11H13N3O. The van der Waals surface area contributed by atoms with Gasteiger partial charge in [0.1, 0.15) is 5.82 Å². The molecule has 0 aliphatic carbocycles. The summed E-state index contributed by atoms with van der Waals surface area (Å²) in [6, 6.07) is 5.77. The maximum atomic E-state index is 8.86. The highest BCUT2D eigenvalue weighted by atomic mass is 16.3. The Morgan fingerprint density at radius 1 is 1.33 bits per heavy atom. The van der Waals surface area contributed by atoms with Gasteiger partial charge in [0, 0.05) is 19.7 Å². The van der Waals surface area contributed by atoms with Crippen molar-refractivity contribution in [1.82, 2.24) is 14.5 Å². The van der Waals surface area contributed by atoms with E-state index in [4.69, 9.17) is 5.11 Å². The lowest BCUT2D eigenvalue weighted by molar-refractivity contribution is 0.295. The minimum absolute atomic E-state index is 0.118. The van der Waals surface area contributed by atoms with E-state index < -0.39 is 0 Å². The number of nitrogens with zero attached hydrogens (tertiary/aromatic N) is 3. The number of pyridine rings is 1. The van der Waals surface area contributed by atoms with Crippen LogP contribution >= 0.6 is 0 Å². The second kappa shape index (κ2) is 4.23. The molecule has 0 atom stereocenters. The van der Waals surface area contributed by atoms with E-state index in [2.05, 4.69) is 9.97 Å². The molecule has 4 nitrogen and oxygen atoms in total. The first-order valence-corrected chi connectivity index (χ1v) is 4.86. The van der Waals surface area contributed by atoms with Crippen molar-refractivity contribution in [1.29, 1.82) is 0 Å². The lowest BCUT2D eigenvalue weighted by Crippen LogP contribution is -2.02. The van der Waals surface area contributed by atoms with Gasteiger partial charge in [0.2, 0.25) is 0 Å². The van der Waals surface area contributed by atoms with Crippen molar-refractivity contribution >= 4 is 0 Å². The van der Waals surface area contributed by atoms with Gasteiger partial charge in [-0.1, -0.05) is 6.07 Å². The summed E-state index contributed by atoms with van der Waals surface area (Å²) in [5, 5.41) is 8.86. The summed E-state index contributed by atoms with van der Waals surface area (Å²) < 4.78 is 1.96. The second-order valence-electron chi connectivity index (χ2n) is 3.31. The van der Waals surface area contributed by atoms with E-state index in [1.54, 1.807) is 12.4 Å². The number of aliphatic hydroxyl groups is 1. The first kappa shape index (κ1) is 9.86. The van der Waals surface area contributed by atoms with Crippen LogP contribution in [0, 0.1) is 0 Å². The van der Waals surface area contributed by atoms with E-state index in [0.717, 1.165) is 17.2 Å². The summed E-state index contributed by atoms with van der Waals surface area (Å²) in [5.74, 6) is 0.873. The Bertz CT molecular complexity index is 436. The second-order valence-corrected chi connectivity index (χ2v) is 3.31. The Morgan fingerprint density at radius 2 is 2.20 bits per heavy atom. The van der Waals surface area contributed by atoms with Gasteiger partial charge in [0.05, 0.1) is 24.2 Å². The number of aliphatic hydroxyl groups excluding tert-OH is 1. The third-order valence-electron chi connectivity index (χ3n) is 2.35. The Balaban J connectivity index is 2.38. The molecule has 0 radical (unpaired) electrons. The minimum atomic E-state index is 0.118. The van der Waals surface area contributed by atoms with Crippen LogP contribution in [0.2, 0.25) is 0 Å². The molecule has 0 saturated carbocycles. The lowest BCUT2D eigenvalue weighted by atomic mass is 10.3. The van der Waals surface area contributed by atoms with Gasteiger partial charge in [-0.15, -0.1) is 0 Å². The summed E-state index contributed by atoms with van der Waals surface area (Å²) in [6.07, 6.45) is 4.12.